The molecule has 0 heterocycles. The minimum absolute atomic E-state index is 0.350. The van der Waals surface area contributed by atoms with Crippen molar-refractivity contribution in [2.75, 3.05) is 11.9 Å². The number of hydrogen-bond donors (Lipinski definition) is 2. The quantitative estimate of drug-likeness (QED) is 0.846. The number of carbonyl (C=O) groups is 2. The second-order valence-corrected chi connectivity index (χ2v) is 3.29. The number of rotatable bonds is 4. The van der Waals surface area contributed by atoms with Crippen molar-refractivity contribution in [2.45, 2.75) is 13.3 Å². The Balaban J connectivity index is 2.49. The topological polar surface area (TPSA) is 91.2 Å². The Hall–Kier alpha value is -2.55. The molecule has 1 aromatic rings. The van der Waals surface area contributed by atoms with Crippen molar-refractivity contribution < 1.29 is 14.3 Å². The molecule has 1 rings (SSSR count). The van der Waals surface area contributed by atoms with E-state index >= 15 is 0 Å². The van der Waals surface area contributed by atoms with E-state index in [0.717, 1.165) is 0 Å². The second kappa shape index (κ2) is 6.91. The number of anilines is 1. The minimum Gasteiger partial charge on any atom is -0.494 e. The number of nitrogens with zero attached hydrogens (tertiary/aromatic N) is 1. The van der Waals surface area contributed by atoms with Crippen LogP contribution in [0.2, 0.25) is 0 Å². The second-order valence-electron chi connectivity index (χ2n) is 3.29. The lowest BCUT2D eigenvalue weighted by molar-refractivity contribution is -0.118. The lowest BCUT2D eigenvalue weighted by Crippen LogP contribution is -2.33. The van der Waals surface area contributed by atoms with Crippen molar-refractivity contribution in [3.63, 3.8) is 0 Å². The smallest absolute Gasteiger partial charge is 0.325 e. The molecular weight excluding hydrogens is 234 g/mol. The molecule has 0 aliphatic carbocycles. The first-order chi connectivity index (χ1) is 8.65. The van der Waals surface area contributed by atoms with Crippen LogP contribution >= 0.6 is 0 Å². The van der Waals surface area contributed by atoms with Crippen molar-refractivity contribution in [3.05, 3.63) is 24.3 Å². The number of nitriles is 1. The molecule has 0 fully saturated rings. The molecule has 0 radical (unpaired) electrons. The molecule has 6 nitrogen and oxygen atoms in total. The number of ether oxygens (including phenoxy) is 1. The van der Waals surface area contributed by atoms with Crippen LogP contribution < -0.4 is 15.4 Å². The maximum Gasteiger partial charge on any atom is 0.325 e. The molecule has 0 spiro atoms. The first-order valence-corrected chi connectivity index (χ1v) is 5.36. The number of amides is 3. The molecule has 0 aliphatic rings. The van der Waals surface area contributed by atoms with Crippen LogP contribution in [0.25, 0.3) is 0 Å². The fraction of sp³-hybridized carbons (Fsp3) is 0.250. The summed E-state index contributed by atoms with van der Waals surface area (Å²) in [6.07, 6.45) is -0.350. The molecule has 0 unspecified atom stereocenters. The summed E-state index contributed by atoms with van der Waals surface area (Å²) in [5.74, 6) is 0.0601. The van der Waals surface area contributed by atoms with Crippen LogP contribution in [-0.4, -0.2) is 18.5 Å². The third-order valence-corrected chi connectivity index (χ3v) is 1.92. The predicted octanol–water partition coefficient (Wildman–Crippen LogP) is 1.65. The highest BCUT2D eigenvalue weighted by atomic mass is 16.5. The maximum absolute atomic E-state index is 11.3. The van der Waals surface area contributed by atoms with Crippen molar-refractivity contribution >= 4 is 17.6 Å². The monoisotopic (exact) mass is 247 g/mol. The average Bonchev–Trinajstić information content (AvgIpc) is 2.32. The van der Waals surface area contributed by atoms with Gasteiger partial charge >= 0.3 is 6.03 Å². The SMILES string of the molecule is CCOc1ccc(NC(=O)NC(=O)CC#N)cc1. The van der Waals surface area contributed by atoms with Gasteiger partial charge in [0.1, 0.15) is 12.2 Å². The molecule has 0 atom stereocenters. The number of carbonyl (C=O) groups excluding carboxylic acids is 2. The molecule has 18 heavy (non-hydrogen) atoms. The Morgan fingerprint density at radius 3 is 2.56 bits per heavy atom. The van der Waals surface area contributed by atoms with E-state index in [1.807, 2.05) is 12.2 Å². The van der Waals surface area contributed by atoms with Gasteiger partial charge in [-0.05, 0) is 31.2 Å². The van der Waals surface area contributed by atoms with Gasteiger partial charge in [0.25, 0.3) is 0 Å². The van der Waals surface area contributed by atoms with Crippen molar-refractivity contribution in [2.24, 2.45) is 0 Å². The molecule has 1 aromatic carbocycles. The Kier molecular flexibility index (Phi) is 5.19. The predicted molar refractivity (Wildman–Crippen MR) is 65.0 cm³/mol. The fourth-order valence-corrected chi connectivity index (χ4v) is 1.21. The first kappa shape index (κ1) is 13.5. The number of benzene rings is 1. The largest absolute Gasteiger partial charge is 0.494 e. The summed E-state index contributed by atoms with van der Waals surface area (Å²) in [4.78, 5) is 22.3. The third-order valence-electron chi connectivity index (χ3n) is 1.92. The van der Waals surface area contributed by atoms with Gasteiger partial charge in [0.05, 0.1) is 12.7 Å². The zero-order valence-corrected chi connectivity index (χ0v) is 9.90. The van der Waals surface area contributed by atoms with Crippen LogP contribution in [0.1, 0.15) is 13.3 Å². The highest BCUT2D eigenvalue weighted by Gasteiger charge is 2.06. The Labute approximate surface area is 105 Å². The van der Waals surface area contributed by atoms with E-state index in [2.05, 4.69) is 5.32 Å². The van der Waals surface area contributed by atoms with Gasteiger partial charge in [-0.15, -0.1) is 0 Å². The highest BCUT2D eigenvalue weighted by Crippen LogP contribution is 2.15. The highest BCUT2D eigenvalue weighted by molar-refractivity contribution is 6.01. The van der Waals surface area contributed by atoms with E-state index in [1.54, 1.807) is 30.3 Å². The summed E-state index contributed by atoms with van der Waals surface area (Å²) < 4.78 is 5.24. The number of hydrogen-bond acceptors (Lipinski definition) is 4. The molecular formula is C12H13N3O3. The van der Waals surface area contributed by atoms with Crippen molar-refractivity contribution in [1.82, 2.24) is 5.32 Å². The van der Waals surface area contributed by atoms with Crippen LogP contribution in [0.5, 0.6) is 5.75 Å². The summed E-state index contributed by atoms with van der Waals surface area (Å²) in [5, 5.41) is 12.8. The molecule has 0 bridgehead atoms. The lowest BCUT2D eigenvalue weighted by Gasteiger charge is -2.07. The normalized spacial score (nSPS) is 9.11. The summed E-state index contributed by atoms with van der Waals surface area (Å²) in [6.45, 7) is 2.44. The Bertz CT molecular complexity index is 462. The van der Waals surface area contributed by atoms with Crippen LogP contribution in [-0.2, 0) is 4.79 Å². The molecule has 2 N–H and O–H groups in total. The van der Waals surface area contributed by atoms with Gasteiger partial charge in [-0.3, -0.25) is 10.1 Å². The van der Waals surface area contributed by atoms with E-state index in [0.29, 0.717) is 18.0 Å². The minimum atomic E-state index is -0.667. The number of imide groups is 1. The van der Waals surface area contributed by atoms with Gasteiger partial charge in [0.2, 0.25) is 5.91 Å². The zero-order chi connectivity index (χ0) is 13.4. The summed E-state index contributed by atoms with van der Waals surface area (Å²) >= 11 is 0. The van der Waals surface area contributed by atoms with Gasteiger partial charge < -0.3 is 10.1 Å². The van der Waals surface area contributed by atoms with Crippen LogP contribution in [0.4, 0.5) is 10.5 Å². The average molecular weight is 247 g/mol. The summed E-state index contributed by atoms with van der Waals surface area (Å²) in [7, 11) is 0. The van der Waals surface area contributed by atoms with E-state index in [-0.39, 0.29) is 6.42 Å². The van der Waals surface area contributed by atoms with E-state index in [1.165, 1.54) is 0 Å². The van der Waals surface area contributed by atoms with Crippen LogP contribution in [0.3, 0.4) is 0 Å². The molecule has 3 amide bonds. The van der Waals surface area contributed by atoms with Crippen molar-refractivity contribution in [1.29, 1.82) is 5.26 Å². The van der Waals surface area contributed by atoms with E-state index in [4.69, 9.17) is 10.00 Å². The van der Waals surface area contributed by atoms with Crippen LogP contribution in [0, 0.1) is 11.3 Å². The van der Waals surface area contributed by atoms with E-state index in [9.17, 15) is 9.59 Å². The van der Waals surface area contributed by atoms with Gasteiger partial charge in [-0.25, -0.2) is 4.79 Å². The molecule has 0 aliphatic heterocycles. The van der Waals surface area contributed by atoms with Crippen LogP contribution in [0.15, 0.2) is 24.3 Å². The maximum atomic E-state index is 11.3. The van der Waals surface area contributed by atoms with Gasteiger partial charge in [-0.1, -0.05) is 0 Å². The van der Waals surface area contributed by atoms with Crippen molar-refractivity contribution in [3.8, 4) is 11.8 Å². The zero-order valence-electron chi connectivity index (χ0n) is 9.90. The summed E-state index contributed by atoms with van der Waals surface area (Å²) in [5.41, 5.74) is 0.528. The number of urea groups is 1. The summed E-state index contributed by atoms with van der Waals surface area (Å²) in [6, 6.07) is 7.70. The standard InChI is InChI=1S/C12H13N3O3/c1-2-18-10-5-3-9(4-6-10)14-12(17)15-11(16)7-8-13/h3-6H,2,7H2,1H3,(H2,14,15,16,17). The van der Waals surface area contributed by atoms with Gasteiger partial charge in [-0.2, -0.15) is 5.26 Å². The molecule has 6 heteroatoms. The molecule has 0 aromatic heterocycles. The first-order valence-electron chi connectivity index (χ1n) is 5.36. The lowest BCUT2D eigenvalue weighted by atomic mass is 10.3. The van der Waals surface area contributed by atoms with Gasteiger partial charge in [0.15, 0.2) is 0 Å². The molecule has 0 saturated heterocycles. The fourth-order valence-electron chi connectivity index (χ4n) is 1.21. The Morgan fingerprint density at radius 2 is 2.00 bits per heavy atom. The third kappa shape index (κ3) is 4.53. The van der Waals surface area contributed by atoms with E-state index < -0.39 is 11.9 Å². The van der Waals surface area contributed by atoms with Gasteiger partial charge in [0, 0.05) is 5.69 Å². The molecule has 94 valence electrons. The molecule has 0 saturated carbocycles. The number of nitrogens with one attached hydrogen (secondary N) is 2. The Morgan fingerprint density at radius 1 is 1.33 bits per heavy atom.